The zero-order valence-corrected chi connectivity index (χ0v) is 9.26. The maximum absolute atomic E-state index is 11.2. The summed E-state index contributed by atoms with van der Waals surface area (Å²) in [6.07, 6.45) is 0. The van der Waals surface area contributed by atoms with Crippen LogP contribution in [-0.4, -0.2) is 12.8 Å². The van der Waals surface area contributed by atoms with Crippen molar-refractivity contribution in [2.75, 3.05) is 7.05 Å². The SMILES string of the molecule is CNC(C(C)=O)c1ccc(Br)cc1. The van der Waals surface area contributed by atoms with Gasteiger partial charge in [0.1, 0.15) is 0 Å². The van der Waals surface area contributed by atoms with Crippen molar-refractivity contribution >= 4 is 21.7 Å². The Morgan fingerprint density at radius 3 is 2.31 bits per heavy atom. The lowest BCUT2D eigenvalue weighted by molar-refractivity contribution is -0.119. The molecule has 0 aromatic heterocycles. The summed E-state index contributed by atoms with van der Waals surface area (Å²) in [7, 11) is 1.79. The molecule has 0 saturated carbocycles. The van der Waals surface area contributed by atoms with Gasteiger partial charge in [-0.1, -0.05) is 28.1 Å². The minimum Gasteiger partial charge on any atom is -0.307 e. The van der Waals surface area contributed by atoms with Crippen molar-refractivity contribution < 1.29 is 4.79 Å². The van der Waals surface area contributed by atoms with Gasteiger partial charge in [-0.25, -0.2) is 0 Å². The molecule has 0 heterocycles. The lowest BCUT2D eigenvalue weighted by Gasteiger charge is -2.12. The standard InChI is InChI=1S/C10H12BrNO/c1-7(13)10(12-2)8-3-5-9(11)6-4-8/h3-6,10,12H,1-2H3. The summed E-state index contributed by atoms with van der Waals surface area (Å²) in [4.78, 5) is 11.2. The fraction of sp³-hybridized carbons (Fsp3) is 0.300. The molecular formula is C10H12BrNO. The summed E-state index contributed by atoms with van der Waals surface area (Å²) < 4.78 is 1.02. The van der Waals surface area contributed by atoms with E-state index in [9.17, 15) is 4.79 Å². The number of benzene rings is 1. The molecule has 0 aliphatic heterocycles. The average molecular weight is 242 g/mol. The van der Waals surface area contributed by atoms with E-state index < -0.39 is 0 Å². The Kier molecular flexibility index (Phi) is 3.63. The molecule has 1 aromatic carbocycles. The van der Waals surface area contributed by atoms with E-state index in [0.29, 0.717) is 0 Å². The molecule has 0 aliphatic carbocycles. The molecule has 0 amide bonds. The Labute approximate surface area is 86.5 Å². The predicted octanol–water partition coefficient (Wildman–Crippen LogP) is 2.30. The van der Waals surface area contributed by atoms with E-state index in [-0.39, 0.29) is 11.8 Å². The third-order valence-electron chi connectivity index (χ3n) is 1.90. The molecule has 1 unspecified atom stereocenters. The summed E-state index contributed by atoms with van der Waals surface area (Å²) in [6, 6.07) is 7.55. The van der Waals surface area contributed by atoms with Crippen molar-refractivity contribution in [1.29, 1.82) is 0 Å². The number of ketones is 1. The Hall–Kier alpha value is -0.670. The molecule has 70 valence electrons. The molecular weight excluding hydrogens is 230 g/mol. The van der Waals surface area contributed by atoms with Crippen LogP contribution in [-0.2, 0) is 4.79 Å². The molecule has 3 heteroatoms. The first-order valence-electron chi connectivity index (χ1n) is 4.08. The number of carbonyl (C=O) groups is 1. The third kappa shape index (κ3) is 2.64. The van der Waals surface area contributed by atoms with E-state index in [2.05, 4.69) is 21.2 Å². The number of rotatable bonds is 3. The summed E-state index contributed by atoms with van der Waals surface area (Å²) in [5, 5.41) is 2.97. The molecule has 0 spiro atoms. The molecule has 1 atom stereocenters. The number of Topliss-reactive ketones (excluding diaryl/α,β-unsaturated/α-hetero) is 1. The predicted molar refractivity (Wildman–Crippen MR) is 56.6 cm³/mol. The maximum Gasteiger partial charge on any atom is 0.151 e. The lowest BCUT2D eigenvalue weighted by Crippen LogP contribution is -2.23. The van der Waals surface area contributed by atoms with Gasteiger partial charge in [-0.15, -0.1) is 0 Å². The molecule has 1 aromatic rings. The van der Waals surface area contributed by atoms with Crippen LogP contribution in [0.5, 0.6) is 0 Å². The van der Waals surface area contributed by atoms with Crippen LogP contribution < -0.4 is 5.32 Å². The first kappa shape index (κ1) is 10.4. The van der Waals surface area contributed by atoms with Crippen LogP contribution >= 0.6 is 15.9 Å². The van der Waals surface area contributed by atoms with Crippen LogP contribution in [0.15, 0.2) is 28.7 Å². The van der Waals surface area contributed by atoms with Gasteiger partial charge in [-0.05, 0) is 31.7 Å². The van der Waals surface area contributed by atoms with Gasteiger partial charge in [0.15, 0.2) is 5.78 Å². The van der Waals surface area contributed by atoms with E-state index in [1.807, 2.05) is 24.3 Å². The van der Waals surface area contributed by atoms with Gasteiger partial charge in [0, 0.05) is 4.47 Å². The van der Waals surface area contributed by atoms with E-state index in [1.165, 1.54) is 0 Å². The van der Waals surface area contributed by atoms with E-state index in [1.54, 1.807) is 14.0 Å². The molecule has 0 bridgehead atoms. The summed E-state index contributed by atoms with van der Waals surface area (Å²) >= 11 is 3.35. The number of hydrogen-bond donors (Lipinski definition) is 1. The number of carbonyl (C=O) groups excluding carboxylic acids is 1. The van der Waals surface area contributed by atoms with Gasteiger partial charge >= 0.3 is 0 Å². The van der Waals surface area contributed by atoms with E-state index >= 15 is 0 Å². The van der Waals surface area contributed by atoms with Crippen LogP contribution in [0.25, 0.3) is 0 Å². The minimum absolute atomic E-state index is 0.129. The summed E-state index contributed by atoms with van der Waals surface area (Å²) in [5.74, 6) is 0.129. The van der Waals surface area contributed by atoms with Gasteiger partial charge in [0.2, 0.25) is 0 Å². The second-order valence-electron chi connectivity index (χ2n) is 2.88. The van der Waals surface area contributed by atoms with Crippen molar-refractivity contribution in [2.45, 2.75) is 13.0 Å². The van der Waals surface area contributed by atoms with Gasteiger partial charge < -0.3 is 5.32 Å². The molecule has 0 radical (unpaired) electrons. The van der Waals surface area contributed by atoms with Gasteiger partial charge in [0.25, 0.3) is 0 Å². The van der Waals surface area contributed by atoms with Crippen LogP contribution in [0.4, 0.5) is 0 Å². The van der Waals surface area contributed by atoms with Crippen LogP contribution in [0.2, 0.25) is 0 Å². The molecule has 0 aliphatic rings. The van der Waals surface area contributed by atoms with Crippen molar-refractivity contribution in [3.05, 3.63) is 34.3 Å². The van der Waals surface area contributed by atoms with Crippen molar-refractivity contribution in [2.24, 2.45) is 0 Å². The van der Waals surface area contributed by atoms with Crippen molar-refractivity contribution in [3.8, 4) is 0 Å². The quantitative estimate of drug-likeness (QED) is 0.881. The minimum atomic E-state index is -0.187. The van der Waals surface area contributed by atoms with E-state index in [0.717, 1.165) is 10.0 Å². The highest BCUT2D eigenvalue weighted by atomic mass is 79.9. The lowest BCUT2D eigenvalue weighted by atomic mass is 10.0. The number of hydrogen-bond acceptors (Lipinski definition) is 2. The zero-order chi connectivity index (χ0) is 9.84. The second kappa shape index (κ2) is 4.53. The fourth-order valence-electron chi connectivity index (χ4n) is 1.26. The normalized spacial score (nSPS) is 12.5. The van der Waals surface area contributed by atoms with Crippen molar-refractivity contribution in [3.63, 3.8) is 0 Å². The van der Waals surface area contributed by atoms with Gasteiger partial charge in [0.05, 0.1) is 6.04 Å². The van der Waals surface area contributed by atoms with Crippen molar-refractivity contribution in [1.82, 2.24) is 5.32 Å². The highest BCUT2D eigenvalue weighted by Gasteiger charge is 2.12. The fourth-order valence-corrected chi connectivity index (χ4v) is 1.52. The number of likely N-dealkylation sites (N-methyl/N-ethyl adjacent to an activating group) is 1. The Bertz CT molecular complexity index is 294. The van der Waals surface area contributed by atoms with E-state index in [4.69, 9.17) is 0 Å². The summed E-state index contributed by atoms with van der Waals surface area (Å²) in [6.45, 7) is 1.59. The zero-order valence-electron chi connectivity index (χ0n) is 7.67. The topological polar surface area (TPSA) is 29.1 Å². The molecule has 0 fully saturated rings. The first-order valence-corrected chi connectivity index (χ1v) is 4.87. The molecule has 0 saturated heterocycles. The Balaban J connectivity index is 2.92. The largest absolute Gasteiger partial charge is 0.307 e. The number of halogens is 1. The highest BCUT2D eigenvalue weighted by molar-refractivity contribution is 9.10. The molecule has 1 N–H and O–H groups in total. The molecule has 13 heavy (non-hydrogen) atoms. The van der Waals surface area contributed by atoms with Gasteiger partial charge in [-0.3, -0.25) is 4.79 Å². The Morgan fingerprint density at radius 1 is 1.38 bits per heavy atom. The third-order valence-corrected chi connectivity index (χ3v) is 2.43. The van der Waals surface area contributed by atoms with Crippen LogP contribution in [0.3, 0.4) is 0 Å². The smallest absolute Gasteiger partial charge is 0.151 e. The summed E-state index contributed by atoms with van der Waals surface area (Å²) in [5.41, 5.74) is 0.998. The second-order valence-corrected chi connectivity index (χ2v) is 3.80. The van der Waals surface area contributed by atoms with Crippen LogP contribution in [0.1, 0.15) is 18.5 Å². The van der Waals surface area contributed by atoms with Crippen LogP contribution in [0, 0.1) is 0 Å². The Morgan fingerprint density at radius 2 is 1.92 bits per heavy atom. The molecule has 2 nitrogen and oxygen atoms in total. The van der Waals surface area contributed by atoms with Gasteiger partial charge in [-0.2, -0.15) is 0 Å². The number of nitrogens with one attached hydrogen (secondary N) is 1. The molecule has 1 rings (SSSR count). The monoisotopic (exact) mass is 241 g/mol. The average Bonchev–Trinajstić information content (AvgIpc) is 2.09. The first-order chi connectivity index (χ1) is 6.15. The highest BCUT2D eigenvalue weighted by Crippen LogP contribution is 2.17. The maximum atomic E-state index is 11.2.